The van der Waals surface area contributed by atoms with Gasteiger partial charge in [0, 0.05) is 28.1 Å². The third-order valence-electron chi connectivity index (χ3n) is 5.55. The van der Waals surface area contributed by atoms with Crippen molar-refractivity contribution in [2.24, 2.45) is 0 Å². The number of nitrogens with zero attached hydrogens (tertiary/aromatic N) is 3. The molecular weight excluding hydrogens is 505 g/mol. The van der Waals surface area contributed by atoms with Gasteiger partial charge in [0.05, 0.1) is 18.7 Å². The van der Waals surface area contributed by atoms with Gasteiger partial charge in [0.2, 0.25) is 5.16 Å². The highest BCUT2D eigenvalue weighted by atomic mass is 32.2. The van der Waals surface area contributed by atoms with Crippen LogP contribution >= 0.6 is 11.8 Å². The molecule has 0 aliphatic rings. The number of benzene rings is 2. The molecule has 0 aliphatic heterocycles. The summed E-state index contributed by atoms with van der Waals surface area (Å²) in [6.45, 7) is 1.76. The Morgan fingerprint density at radius 1 is 1.14 bits per heavy atom. The number of pyridine rings is 1. The summed E-state index contributed by atoms with van der Waals surface area (Å²) >= 11 is 0.515. The van der Waals surface area contributed by atoms with E-state index in [0.717, 1.165) is 19.2 Å². The molecule has 0 spiro atoms. The number of hydrogen-bond donors (Lipinski definition) is 3. The average molecular weight is 526 g/mol. The molecule has 190 valence electrons. The van der Waals surface area contributed by atoms with Gasteiger partial charge in [-0.2, -0.15) is 13.2 Å². The van der Waals surface area contributed by atoms with Crippen LogP contribution in [0, 0.1) is 18.6 Å². The molecule has 0 amide bonds. The molecule has 36 heavy (non-hydrogen) atoms. The Kier molecular flexibility index (Phi) is 7.05. The van der Waals surface area contributed by atoms with E-state index in [9.17, 15) is 22.7 Å². The lowest BCUT2D eigenvalue weighted by molar-refractivity contribution is -0.256. The number of methoxy groups -OCH3 is 1. The molecule has 13 heteroatoms. The number of thioether (sulfide) groups is 1. The van der Waals surface area contributed by atoms with Gasteiger partial charge in [0.15, 0.2) is 23.0 Å². The number of rotatable bonds is 8. The molecule has 0 radical (unpaired) electrons. The van der Waals surface area contributed by atoms with Gasteiger partial charge in [0.25, 0.3) is 0 Å². The summed E-state index contributed by atoms with van der Waals surface area (Å²) in [5.74, 6) is -4.36. The van der Waals surface area contributed by atoms with Crippen molar-refractivity contribution in [3.8, 4) is 5.75 Å². The Balaban J connectivity index is 1.89. The number of ether oxygens (including phenoxy) is 1. The van der Waals surface area contributed by atoms with Gasteiger partial charge in [-0.1, -0.05) is 23.9 Å². The number of aromatic amines is 1. The first kappa shape index (κ1) is 25.6. The summed E-state index contributed by atoms with van der Waals surface area (Å²) in [7, 11) is 0.988. The van der Waals surface area contributed by atoms with E-state index in [4.69, 9.17) is 4.74 Å². The fourth-order valence-corrected chi connectivity index (χ4v) is 4.64. The van der Waals surface area contributed by atoms with Crippen molar-refractivity contribution in [3.05, 3.63) is 71.7 Å². The number of aliphatic hydroxyl groups is 1. The number of aryl methyl sites for hydroxylation is 1. The van der Waals surface area contributed by atoms with Gasteiger partial charge in [-0.05, 0) is 37.3 Å². The van der Waals surface area contributed by atoms with E-state index in [1.807, 2.05) is 0 Å². The predicted molar refractivity (Wildman–Crippen MR) is 124 cm³/mol. The van der Waals surface area contributed by atoms with Gasteiger partial charge in [-0.15, -0.1) is 5.10 Å². The summed E-state index contributed by atoms with van der Waals surface area (Å²) in [6.07, 6.45) is -4.10. The molecule has 0 fully saturated rings. The van der Waals surface area contributed by atoms with Crippen LogP contribution in [-0.2, 0) is 0 Å². The van der Waals surface area contributed by atoms with E-state index in [-0.39, 0.29) is 10.8 Å². The lowest BCUT2D eigenvalue weighted by atomic mass is 9.88. The Hall–Kier alpha value is -3.45. The van der Waals surface area contributed by atoms with Crippen LogP contribution < -0.4 is 10.1 Å². The molecular formula is C23H20F5N5O2S. The maximum atomic E-state index is 15.4. The van der Waals surface area contributed by atoms with Crippen LogP contribution in [0.25, 0.3) is 10.9 Å². The van der Waals surface area contributed by atoms with Crippen LogP contribution in [0.4, 0.5) is 27.6 Å². The lowest BCUT2D eigenvalue weighted by Gasteiger charge is -2.38. The van der Waals surface area contributed by atoms with Crippen LogP contribution in [0.2, 0.25) is 0 Å². The molecule has 3 N–H and O–H groups in total. The molecule has 2 aromatic heterocycles. The van der Waals surface area contributed by atoms with Crippen LogP contribution in [0.15, 0.2) is 53.9 Å². The van der Waals surface area contributed by atoms with Crippen LogP contribution in [0.3, 0.4) is 0 Å². The quantitative estimate of drug-likeness (QED) is 0.215. The molecule has 2 aromatic carbocycles. The van der Waals surface area contributed by atoms with Crippen LogP contribution in [-0.4, -0.2) is 49.9 Å². The smallest absolute Gasteiger partial charge is 0.420 e. The van der Waals surface area contributed by atoms with E-state index < -0.39 is 46.5 Å². The van der Waals surface area contributed by atoms with Crippen LogP contribution in [0.5, 0.6) is 5.75 Å². The monoisotopic (exact) mass is 525 g/mol. The second-order valence-corrected chi connectivity index (χ2v) is 8.82. The maximum absolute atomic E-state index is 15.4. The first-order chi connectivity index (χ1) is 17.0. The van der Waals surface area contributed by atoms with E-state index in [2.05, 4.69) is 25.5 Å². The van der Waals surface area contributed by atoms with Crippen molar-refractivity contribution in [1.82, 2.24) is 20.2 Å². The Morgan fingerprint density at radius 3 is 2.58 bits per heavy atom. The fourth-order valence-electron chi connectivity index (χ4n) is 3.72. The number of anilines is 1. The number of alkyl halides is 3. The topological polar surface area (TPSA) is 96.0 Å². The SMILES string of the molecule is COc1c(F)ccc(C(Nc2cccc3nc(C)ccc23)C(O)(CSc2nc[nH]n2)C(F)(F)F)c1F. The summed E-state index contributed by atoms with van der Waals surface area (Å²) in [5, 5.41) is 20.3. The number of aromatic nitrogens is 4. The first-order valence-electron chi connectivity index (χ1n) is 10.5. The fraction of sp³-hybridized carbons (Fsp3) is 0.261. The van der Waals surface area contributed by atoms with Crippen molar-refractivity contribution >= 4 is 28.4 Å². The summed E-state index contributed by atoms with van der Waals surface area (Å²) < 4.78 is 77.8. The summed E-state index contributed by atoms with van der Waals surface area (Å²) in [6, 6.07) is 7.50. The molecule has 2 unspecified atom stereocenters. The third-order valence-corrected chi connectivity index (χ3v) is 6.59. The number of hydrogen-bond acceptors (Lipinski definition) is 7. The van der Waals surface area contributed by atoms with E-state index in [0.29, 0.717) is 28.4 Å². The number of nitrogens with one attached hydrogen (secondary N) is 2. The van der Waals surface area contributed by atoms with E-state index in [1.54, 1.807) is 31.2 Å². The second-order valence-electron chi connectivity index (χ2n) is 7.88. The minimum Gasteiger partial charge on any atom is -0.491 e. The van der Waals surface area contributed by atoms with Crippen molar-refractivity contribution < 1.29 is 31.8 Å². The van der Waals surface area contributed by atoms with Gasteiger partial charge >= 0.3 is 6.18 Å². The minimum atomic E-state index is -5.26. The number of fused-ring (bicyclic) bond motifs is 1. The number of halogens is 5. The standard InChI is InChI=1S/C23H20F5N5O2S/c1-12-6-7-13-16(31-12)4-3-5-17(13)32-20(14-8-9-15(24)19(35-2)18(14)25)22(34,23(26,27)28)10-36-21-29-11-30-33-21/h3-9,11,20,32,34H,10H2,1-2H3,(H,29,30,33). The van der Waals surface area contributed by atoms with E-state index in [1.165, 1.54) is 12.4 Å². The van der Waals surface area contributed by atoms with Gasteiger partial charge in [-0.25, -0.2) is 13.8 Å². The molecule has 2 atom stereocenters. The van der Waals surface area contributed by atoms with Crippen molar-refractivity contribution in [1.29, 1.82) is 0 Å². The Morgan fingerprint density at radius 2 is 1.92 bits per heavy atom. The van der Waals surface area contributed by atoms with E-state index >= 15 is 4.39 Å². The van der Waals surface area contributed by atoms with Crippen molar-refractivity contribution in [2.45, 2.75) is 29.9 Å². The average Bonchev–Trinajstić information content (AvgIpc) is 3.35. The molecule has 2 heterocycles. The van der Waals surface area contributed by atoms with Gasteiger partial charge < -0.3 is 15.2 Å². The summed E-state index contributed by atoms with van der Waals surface area (Å²) in [5.41, 5.74) is -2.91. The summed E-state index contributed by atoms with van der Waals surface area (Å²) in [4.78, 5) is 8.13. The zero-order valence-corrected chi connectivity index (χ0v) is 19.7. The third kappa shape index (κ3) is 4.80. The molecule has 4 rings (SSSR count). The highest BCUT2D eigenvalue weighted by Crippen LogP contribution is 2.46. The second kappa shape index (κ2) is 9.90. The maximum Gasteiger partial charge on any atom is 0.420 e. The molecule has 0 aliphatic carbocycles. The zero-order chi connectivity index (χ0) is 26.1. The number of H-pyrrole nitrogens is 1. The molecule has 4 aromatic rings. The highest BCUT2D eigenvalue weighted by Gasteiger charge is 2.60. The van der Waals surface area contributed by atoms with Gasteiger partial charge in [-0.3, -0.25) is 10.1 Å². The van der Waals surface area contributed by atoms with Gasteiger partial charge in [0.1, 0.15) is 6.33 Å². The molecule has 0 saturated carbocycles. The largest absolute Gasteiger partial charge is 0.491 e. The molecule has 7 nitrogen and oxygen atoms in total. The Labute approximate surface area is 206 Å². The zero-order valence-electron chi connectivity index (χ0n) is 18.9. The highest BCUT2D eigenvalue weighted by molar-refractivity contribution is 7.99. The Bertz CT molecular complexity index is 1370. The van der Waals surface area contributed by atoms with Crippen molar-refractivity contribution in [2.75, 3.05) is 18.2 Å². The predicted octanol–water partition coefficient (Wildman–Crippen LogP) is 5.19. The first-order valence-corrected chi connectivity index (χ1v) is 11.5. The van der Waals surface area contributed by atoms with Crippen LogP contribution in [0.1, 0.15) is 17.3 Å². The normalized spacial score (nSPS) is 14.4. The molecule has 0 saturated heterocycles. The minimum absolute atomic E-state index is 0.0570. The molecule has 0 bridgehead atoms. The lowest BCUT2D eigenvalue weighted by Crippen LogP contribution is -2.55. The van der Waals surface area contributed by atoms with Crippen molar-refractivity contribution in [3.63, 3.8) is 0 Å².